The summed E-state index contributed by atoms with van der Waals surface area (Å²) in [5, 5.41) is 2.38. The maximum atomic E-state index is 12.7. The number of likely N-dealkylation sites (N-methyl/N-ethyl adjacent to an activating group) is 1. The highest BCUT2D eigenvalue weighted by atomic mass is 16.5. The van der Waals surface area contributed by atoms with Gasteiger partial charge in [0.25, 0.3) is 0 Å². The molecule has 0 spiro atoms. The fourth-order valence-corrected chi connectivity index (χ4v) is 3.65. The SMILES string of the molecule is CN(Cc1ccc(N2CCOCC2)cc1)C(=O)Cc1ccc2ccccc2c1. The smallest absolute Gasteiger partial charge is 0.227 e. The van der Waals surface area contributed by atoms with Crippen molar-refractivity contribution < 1.29 is 9.53 Å². The van der Waals surface area contributed by atoms with Gasteiger partial charge in [0.05, 0.1) is 19.6 Å². The Bertz CT molecular complexity index is 946. The number of nitrogens with zero attached hydrogens (tertiary/aromatic N) is 2. The average molecular weight is 374 g/mol. The average Bonchev–Trinajstić information content (AvgIpc) is 2.75. The van der Waals surface area contributed by atoms with Crippen molar-refractivity contribution in [2.45, 2.75) is 13.0 Å². The van der Waals surface area contributed by atoms with Crippen LogP contribution >= 0.6 is 0 Å². The van der Waals surface area contributed by atoms with Crippen LogP contribution in [0, 0.1) is 0 Å². The molecule has 1 fully saturated rings. The summed E-state index contributed by atoms with van der Waals surface area (Å²) in [6, 6.07) is 23.0. The number of hydrogen-bond acceptors (Lipinski definition) is 3. The standard InChI is InChI=1S/C24H26N2O2/c1-25(18-19-7-10-23(11-8-19)26-12-14-28-15-13-26)24(27)17-20-6-9-21-4-2-3-5-22(21)16-20/h2-11,16H,12-15,17-18H2,1H3. The Morgan fingerprint density at radius 1 is 0.929 bits per heavy atom. The maximum absolute atomic E-state index is 12.7. The second kappa shape index (κ2) is 8.44. The van der Waals surface area contributed by atoms with Gasteiger partial charge in [-0.25, -0.2) is 0 Å². The van der Waals surface area contributed by atoms with Crippen molar-refractivity contribution in [3.05, 3.63) is 77.9 Å². The Balaban J connectivity index is 1.36. The minimum absolute atomic E-state index is 0.132. The quantitative estimate of drug-likeness (QED) is 0.679. The number of anilines is 1. The topological polar surface area (TPSA) is 32.8 Å². The van der Waals surface area contributed by atoms with Gasteiger partial charge in [-0.3, -0.25) is 4.79 Å². The zero-order valence-corrected chi connectivity index (χ0v) is 16.3. The van der Waals surface area contributed by atoms with Crippen molar-refractivity contribution in [1.29, 1.82) is 0 Å². The van der Waals surface area contributed by atoms with Gasteiger partial charge in [-0.2, -0.15) is 0 Å². The number of hydrogen-bond donors (Lipinski definition) is 0. The number of carbonyl (C=O) groups excluding carboxylic acids is 1. The Morgan fingerprint density at radius 2 is 1.61 bits per heavy atom. The lowest BCUT2D eigenvalue weighted by Crippen LogP contribution is -2.36. The molecule has 0 saturated carbocycles. The van der Waals surface area contributed by atoms with Gasteiger partial charge in [-0.15, -0.1) is 0 Å². The molecule has 0 atom stereocenters. The molecule has 1 saturated heterocycles. The van der Waals surface area contributed by atoms with E-state index in [0.29, 0.717) is 13.0 Å². The summed E-state index contributed by atoms with van der Waals surface area (Å²) in [6.45, 7) is 4.06. The largest absolute Gasteiger partial charge is 0.378 e. The molecule has 3 aromatic carbocycles. The molecule has 0 aliphatic carbocycles. The van der Waals surface area contributed by atoms with Crippen LogP contribution in [0.25, 0.3) is 10.8 Å². The lowest BCUT2D eigenvalue weighted by atomic mass is 10.0. The molecule has 1 aliphatic rings. The fraction of sp³-hybridized carbons (Fsp3) is 0.292. The first-order valence-corrected chi connectivity index (χ1v) is 9.82. The minimum Gasteiger partial charge on any atom is -0.378 e. The number of carbonyl (C=O) groups is 1. The number of benzene rings is 3. The van der Waals surface area contributed by atoms with Gasteiger partial charge < -0.3 is 14.5 Å². The van der Waals surface area contributed by atoms with E-state index in [1.54, 1.807) is 4.90 Å². The van der Waals surface area contributed by atoms with Crippen LogP contribution in [0.2, 0.25) is 0 Å². The van der Waals surface area contributed by atoms with Crippen LogP contribution in [0.5, 0.6) is 0 Å². The van der Waals surface area contributed by atoms with E-state index < -0.39 is 0 Å². The highest BCUT2D eigenvalue weighted by molar-refractivity contribution is 5.85. The van der Waals surface area contributed by atoms with Gasteiger partial charge in [-0.1, -0.05) is 54.6 Å². The molecule has 0 radical (unpaired) electrons. The zero-order valence-electron chi connectivity index (χ0n) is 16.3. The highest BCUT2D eigenvalue weighted by Crippen LogP contribution is 2.19. The lowest BCUT2D eigenvalue weighted by Gasteiger charge is -2.29. The van der Waals surface area contributed by atoms with Crippen LogP contribution in [0.1, 0.15) is 11.1 Å². The van der Waals surface area contributed by atoms with E-state index in [2.05, 4.69) is 53.4 Å². The normalized spacial score (nSPS) is 14.2. The molecule has 1 heterocycles. The molecule has 0 aromatic heterocycles. The molecule has 144 valence electrons. The third kappa shape index (κ3) is 4.34. The van der Waals surface area contributed by atoms with Crippen LogP contribution in [0.3, 0.4) is 0 Å². The minimum atomic E-state index is 0.132. The van der Waals surface area contributed by atoms with Crippen LogP contribution in [-0.4, -0.2) is 44.2 Å². The molecular formula is C24H26N2O2. The summed E-state index contributed by atoms with van der Waals surface area (Å²) in [5.74, 6) is 0.132. The Labute approximate surface area is 166 Å². The molecule has 4 nitrogen and oxygen atoms in total. The molecule has 4 heteroatoms. The molecule has 0 bridgehead atoms. The van der Waals surface area contributed by atoms with E-state index in [9.17, 15) is 4.79 Å². The molecule has 28 heavy (non-hydrogen) atoms. The first-order chi connectivity index (χ1) is 13.7. The van der Waals surface area contributed by atoms with Gasteiger partial charge in [0.1, 0.15) is 0 Å². The van der Waals surface area contributed by atoms with Crippen molar-refractivity contribution >= 4 is 22.4 Å². The van der Waals surface area contributed by atoms with Crippen molar-refractivity contribution in [2.24, 2.45) is 0 Å². The summed E-state index contributed by atoms with van der Waals surface area (Å²) < 4.78 is 5.41. The van der Waals surface area contributed by atoms with E-state index in [0.717, 1.165) is 37.4 Å². The fourth-order valence-electron chi connectivity index (χ4n) is 3.65. The number of rotatable bonds is 5. The molecule has 3 aromatic rings. The first-order valence-electron chi connectivity index (χ1n) is 9.82. The second-order valence-corrected chi connectivity index (χ2v) is 7.37. The summed E-state index contributed by atoms with van der Waals surface area (Å²) in [4.78, 5) is 16.8. The van der Waals surface area contributed by atoms with Crippen molar-refractivity contribution in [3.63, 3.8) is 0 Å². The number of morpholine rings is 1. The number of ether oxygens (including phenoxy) is 1. The van der Waals surface area contributed by atoms with E-state index >= 15 is 0 Å². The summed E-state index contributed by atoms with van der Waals surface area (Å²) in [6.07, 6.45) is 0.424. The number of fused-ring (bicyclic) bond motifs is 1. The summed E-state index contributed by atoms with van der Waals surface area (Å²) in [5.41, 5.74) is 3.42. The van der Waals surface area contributed by atoms with Crippen LogP contribution in [-0.2, 0) is 22.5 Å². The van der Waals surface area contributed by atoms with Gasteiger partial charge in [-0.05, 0) is 34.0 Å². The summed E-state index contributed by atoms with van der Waals surface area (Å²) >= 11 is 0. The predicted molar refractivity (Wildman–Crippen MR) is 114 cm³/mol. The Hall–Kier alpha value is -2.85. The zero-order chi connectivity index (χ0) is 19.3. The molecule has 0 N–H and O–H groups in total. The summed E-state index contributed by atoms with van der Waals surface area (Å²) in [7, 11) is 1.87. The van der Waals surface area contributed by atoms with Gasteiger partial charge in [0, 0.05) is 32.4 Å². The molecule has 1 aliphatic heterocycles. The van der Waals surface area contributed by atoms with E-state index in [1.165, 1.54) is 16.5 Å². The van der Waals surface area contributed by atoms with Crippen LogP contribution in [0.15, 0.2) is 66.7 Å². The van der Waals surface area contributed by atoms with Crippen LogP contribution < -0.4 is 4.90 Å². The second-order valence-electron chi connectivity index (χ2n) is 7.37. The lowest BCUT2D eigenvalue weighted by molar-refractivity contribution is -0.129. The van der Waals surface area contributed by atoms with Gasteiger partial charge in [0.15, 0.2) is 0 Å². The third-order valence-electron chi connectivity index (χ3n) is 5.33. The maximum Gasteiger partial charge on any atom is 0.227 e. The predicted octanol–water partition coefficient (Wildman–Crippen LogP) is 3.88. The molecular weight excluding hydrogens is 348 g/mol. The molecule has 1 amide bonds. The highest BCUT2D eigenvalue weighted by Gasteiger charge is 2.13. The number of amides is 1. The van der Waals surface area contributed by atoms with E-state index in [4.69, 9.17) is 4.74 Å². The molecule has 4 rings (SSSR count). The van der Waals surface area contributed by atoms with Crippen LogP contribution in [0.4, 0.5) is 5.69 Å². The Morgan fingerprint density at radius 3 is 2.36 bits per heavy atom. The molecule has 0 unspecified atom stereocenters. The third-order valence-corrected chi connectivity index (χ3v) is 5.33. The van der Waals surface area contributed by atoms with E-state index in [-0.39, 0.29) is 5.91 Å². The first kappa shape index (κ1) is 18.5. The van der Waals surface area contributed by atoms with Crippen molar-refractivity contribution in [3.8, 4) is 0 Å². The van der Waals surface area contributed by atoms with Gasteiger partial charge in [0.2, 0.25) is 5.91 Å². The van der Waals surface area contributed by atoms with E-state index in [1.807, 2.05) is 25.2 Å². The van der Waals surface area contributed by atoms with Crippen molar-refractivity contribution in [2.75, 3.05) is 38.3 Å². The monoisotopic (exact) mass is 374 g/mol. The van der Waals surface area contributed by atoms with Crippen molar-refractivity contribution in [1.82, 2.24) is 4.90 Å². The Kier molecular flexibility index (Phi) is 5.58. The van der Waals surface area contributed by atoms with Gasteiger partial charge >= 0.3 is 0 Å².